The third-order valence-electron chi connectivity index (χ3n) is 3.53. The van der Waals surface area contributed by atoms with E-state index in [1.165, 1.54) is 28.0 Å². The van der Waals surface area contributed by atoms with Gasteiger partial charge in [-0.3, -0.25) is 9.20 Å². The van der Waals surface area contributed by atoms with Gasteiger partial charge in [-0.25, -0.2) is 4.98 Å². The molecule has 4 aromatic rings. The van der Waals surface area contributed by atoms with Crippen molar-refractivity contribution < 1.29 is 0 Å². The summed E-state index contributed by atoms with van der Waals surface area (Å²) in [6.07, 6.45) is 1.74. The first kappa shape index (κ1) is 15.6. The van der Waals surface area contributed by atoms with E-state index in [0.717, 1.165) is 22.2 Å². The normalized spacial score (nSPS) is 11.4. The van der Waals surface area contributed by atoms with Crippen LogP contribution in [-0.4, -0.2) is 24.1 Å². The predicted molar refractivity (Wildman–Crippen MR) is 98.0 cm³/mol. The first-order valence-corrected chi connectivity index (χ1v) is 9.90. The molecule has 4 heterocycles. The van der Waals surface area contributed by atoms with Gasteiger partial charge in [-0.05, 0) is 13.0 Å². The number of hydrogen-bond acceptors (Lipinski definition) is 7. The van der Waals surface area contributed by atoms with Gasteiger partial charge in [0, 0.05) is 46.3 Å². The summed E-state index contributed by atoms with van der Waals surface area (Å²) >= 11 is 4.68. The van der Waals surface area contributed by atoms with Gasteiger partial charge in [0.2, 0.25) is 0 Å². The molecule has 0 aliphatic rings. The molecule has 0 atom stereocenters. The van der Waals surface area contributed by atoms with Crippen LogP contribution >= 0.6 is 34.4 Å². The fraction of sp³-hybridized carbons (Fsp3) is 0.200. The average Bonchev–Trinajstić information content (AvgIpc) is 3.26. The van der Waals surface area contributed by atoms with Gasteiger partial charge < -0.3 is 4.57 Å². The Morgan fingerprint density at radius 1 is 1.25 bits per heavy atom. The number of aromatic nitrogens is 5. The van der Waals surface area contributed by atoms with Crippen LogP contribution in [0, 0.1) is 6.92 Å². The van der Waals surface area contributed by atoms with Gasteiger partial charge in [-0.2, -0.15) is 0 Å². The van der Waals surface area contributed by atoms with Crippen LogP contribution in [0.4, 0.5) is 0 Å². The van der Waals surface area contributed by atoms with E-state index in [1.807, 2.05) is 17.0 Å². The van der Waals surface area contributed by atoms with Crippen molar-refractivity contribution >= 4 is 39.4 Å². The number of fused-ring (bicyclic) bond motifs is 1. The molecule has 0 aliphatic carbocycles. The Kier molecular flexibility index (Phi) is 3.99. The Morgan fingerprint density at radius 2 is 2.12 bits per heavy atom. The third-order valence-corrected chi connectivity index (χ3v) is 6.20. The molecular formula is C15H13N5OS3. The highest BCUT2D eigenvalue weighted by Crippen LogP contribution is 2.27. The fourth-order valence-corrected chi connectivity index (χ4v) is 4.58. The van der Waals surface area contributed by atoms with E-state index < -0.39 is 0 Å². The number of nitrogens with zero attached hydrogens (tertiary/aromatic N) is 5. The number of thiazole rings is 1. The van der Waals surface area contributed by atoms with Crippen molar-refractivity contribution in [3.8, 4) is 11.4 Å². The van der Waals surface area contributed by atoms with Gasteiger partial charge >= 0.3 is 0 Å². The Hall–Kier alpha value is -1.97. The molecule has 4 rings (SSSR count). The summed E-state index contributed by atoms with van der Waals surface area (Å²) in [5, 5.41) is 13.3. The summed E-state index contributed by atoms with van der Waals surface area (Å²) in [6, 6.07) is 3.68. The summed E-state index contributed by atoms with van der Waals surface area (Å²) in [4.78, 5) is 18.5. The summed E-state index contributed by atoms with van der Waals surface area (Å²) in [5.74, 6) is 1.43. The molecule has 0 aliphatic heterocycles. The highest BCUT2D eigenvalue weighted by Gasteiger charge is 2.13. The smallest absolute Gasteiger partial charge is 0.258 e. The molecule has 0 radical (unpaired) electrons. The first-order chi connectivity index (χ1) is 11.6. The van der Waals surface area contributed by atoms with Crippen LogP contribution in [0.1, 0.15) is 10.6 Å². The summed E-state index contributed by atoms with van der Waals surface area (Å²) in [7, 11) is 1.95. The maximum Gasteiger partial charge on any atom is 0.258 e. The SMILES string of the molecule is Cc1cc(-c2nnc(SCc3cc(=O)n4ccsc4n3)n2C)cs1. The van der Waals surface area contributed by atoms with Crippen LogP contribution in [-0.2, 0) is 12.8 Å². The second-order valence-electron chi connectivity index (χ2n) is 5.24. The molecule has 4 aromatic heterocycles. The molecule has 9 heteroatoms. The fourth-order valence-electron chi connectivity index (χ4n) is 2.35. The van der Waals surface area contributed by atoms with Crippen LogP contribution in [0.5, 0.6) is 0 Å². The lowest BCUT2D eigenvalue weighted by molar-refractivity contribution is 0.793. The first-order valence-electron chi connectivity index (χ1n) is 7.15. The molecule has 0 saturated carbocycles. The zero-order valence-corrected chi connectivity index (χ0v) is 15.4. The Labute approximate surface area is 149 Å². The number of aryl methyl sites for hydroxylation is 1. The summed E-state index contributed by atoms with van der Waals surface area (Å²) < 4.78 is 3.53. The molecule has 0 bridgehead atoms. The molecule has 0 aromatic carbocycles. The van der Waals surface area contributed by atoms with Gasteiger partial charge in [-0.1, -0.05) is 11.8 Å². The maximum absolute atomic E-state index is 12.0. The minimum atomic E-state index is -0.0516. The largest absolute Gasteiger partial charge is 0.305 e. The van der Waals surface area contributed by atoms with Crippen molar-refractivity contribution in [2.75, 3.05) is 0 Å². The van der Waals surface area contributed by atoms with E-state index in [4.69, 9.17) is 0 Å². The summed E-state index contributed by atoms with van der Waals surface area (Å²) in [6.45, 7) is 2.07. The van der Waals surface area contributed by atoms with E-state index in [2.05, 4.69) is 33.6 Å². The maximum atomic E-state index is 12.0. The second-order valence-corrected chi connectivity index (χ2v) is 8.17. The van der Waals surface area contributed by atoms with Crippen LogP contribution in [0.2, 0.25) is 0 Å². The number of thiophene rings is 1. The van der Waals surface area contributed by atoms with Gasteiger partial charge in [0.15, 0.2) is 15.9 Å². The number of thioether (sulfide) groups is 1. The molecule has 0 saturated heterocycles. The van der Waals surface area contributed by atoms with E-state index >= 15 is 0 Å². The van der Waals surface area contributed by atoms with E-state index in [-0.39, 0.29) is 5.56 Å². The number of hydrogen-bond donors (Lipinski definition) is 0. The molecule has 0 fully saturated rings. The van der Waals surface area contributed by atoms with Gasteiger partial charge in [0.05, 0.1) is 5.69 Å². The van der Waals surface area contributed by atoms with Crippen molar-refractivity contribution in [3.63, 3.8) is 0 Å². The molecule has 0 unspecified atom stereocenters. The van der Waals surface area contributed by atoms with Gasteiger partial charge in [0.25, 0.3) is 5.56 Å². The molecule has 122 valence electrons. The zero-order chi connectivity index (χ0) is 16.7. The van der Waals surface area contributed by atoms with Crippen molar-refractivity contribution in [1.82, 2.24) is 24.1 Å². The Bertz CT molecular complexity index is 1070. The molecule has 0 N–H and O–H groups in total. The molecule has 24 heavy (non-hydrogen) atoms. The van der Waals surface area contributed by atoms with Crippen molar-refractivity contribution in [2.24, 2.45) is 7.05 Å². The third kappa shape index (κ3) is 2.79. The van der Waals surface area contributed by atoms with Crippen LogP contribution in [0.15, 0.2) is 39.0 Å². The minimum Gasteiger partial charge on any atom is -0.305 e. The topological polar surface area (TPSA) is 65.1 Å². The van der Waals surface area contributed by atoms with Crippen molar-refractivity contribution in [3.05, 3.63) is 50.0 Å². The minimum absolute atomic E-state index is 0.0516. The van der Waals surface area contributed by atoms with Gasteiger partial charge in [-0.15, -0.1) is 32.9 Å². The predicted octanol–water partition coefficient (Wildman–Crippen LogP) is 3.21. The zero-order valence-electron chi connectivity index (χ0n) is 13.0. The summed E-state index contributed by atoms with van der Waals surface area (Å²) in [5.41, 5.74) is 1.78. The van der Waals surface area contributed by atoms with E-state index in [1.54, 1.807) is 28.0 Å². The highest BCUT2D eigenvalue weighted by atomic mass is 32.2. The van der Waals surface area contributed by atoms with Crippen LogP contribution < -0.4 is 5.56 Å². The monoisotopic (exact) mass is 375 g/mol. The van der Waals surface area contributed by atoms with E-state index in [0.29, 0.717) is 10.7 Å². The Morgan fingerprint density at radius 3 is 2.92 bits per heavy atom. The average molecular weight is 376 g/mol. The highest BCUT2D eigenvalue weighted by molar-refractivity contribution is 7.98. The molecular weight excluding hydrogens is 362 g/mol. The lowest BCUT2D eigenvalue weighted by atomic mass is 10.3. The molecule has 6 nitrogen and oxygen atoms in total. The lowest BCUT2D eigenvalue weighted by Crippen LogP contribution is -2.12. The second kappa shape index (κ2) is 6.15. The van der Waals surface area contributed by atoms with Crippen molar-refractivity contribution in [1.29, 1.82) is 0 Å². The Balaban J connectivity index is 1.57. The van der Waals surface area contributed by atoms with E-state index in [9.17, 15) is 4.79 Å². The standard InChI is InChI=1S/C15H13N5OS3/c1-9-5-10(7-23-9)13-17-18-15(19(13)2)24-8-11-6-12(21)20-3-4-22-14(20)16-11/h3-7H,8H2,1-2H3. The van der Waals surface area contributed by atoms with Crippen LogP contribution in [0.3, 0.4) is 0 Å². The number of rotatable bonds is 4. The lowest BCUT2D eigenvalue weighted by Gasteiger charge is -2.03. The molecule has 0 spiro atoms. The van der Waals surface area contributed by atoms with Crippen molar-refractivity contribution in [2.45, 2.75) is 17.8 Å². The van der Waals surface area contributed by atoms with Gasteiger partial charge in [0.1, 0.15) is 0 Å². The van der Waals surface area contributed by atoms with Crippen LogP contribution in [0.25, 0.3) is 16.3 Å². The molecule has 0 amide bonds. The quantitative estimate of drug-likeness (QED) is 0.513.